The van der Waals surface area contributed by atoms with Gasteiger partial charge in [0.05, 0.1) is 11.8 Å². The second-order valence-electron chi connectivity index (χ2n) is 6.44. The maximum absolute atomic E-state index is 12.3. The fourth-order valence-corrected chi connectivity index (χ4v) is 3.39. The zero-order chi connectivity index (χ0) is 17.1. The fraction of sp³-hybridized carbons (Fsp3) is 0.421. The molecule has 2 atom stereocenters. The van der Waals surface area contributed by atoms with Gasteiger partial charge in [-0.15, -0.1) is 0 Å². The Bertz CT molecular complexity index is 670. The van der Waals surface area contributed by atoms with E-state index in [0.29, 0.717) is 19.4 Å². The number of nitrogens with zero attached hydrogens (tertiary/aromatic N) is 1. The molecule has 1 saturated heterocycles. The van der Waals surface area contributed by atoms with E-state index in [2.05, 4.69) is 5.32 Å². The van der Waals surface area contributed by atoms with Crippen LogP contribution >= 0.6 is 0 Å². The highest BCUT2D eigenvalue weighted by molar-refractivity contribution is 6.05. The second-order valence-corrected chi connectivity index (χ2v) is 6.44. The Hall–Kier alpha value is -2.43. The first-order valence-corrected chi connectivity index (χ1v) is 8.39. The lowest BCUT2D eigenvalue weighted by Gasteiger charge is -2.14. The molecule has 0 bridgehead atoms. The van der Waals surface area contributed by atoms with E-state index < -0.39 is 0 Å². The summed E-state index contributed by atoms with van der Waals surface area (Å²) in [7, 11) is 0. The van der Waals surface area contributed by atoms with Crippen LogP contribution in [-0.2, 0) is 20.9 Å². The van der Waals surface area contributed by atoms with Gasteiger partial charge in [-0.05, 0) is 30.9 Å². The van der Waals surface area contributed by atoms with Crippen LogP contribution < -0.4 is 5.32 Å². The molecule has 126 valence electrons. The smallest absolute Gasteiger partial charge is 0.233 e. The molecule has 0 radical (unpaired) electrons. The lowest BCUT2D eigenvalue weighted by molar-refractivity contribution is -0.140. The van der Waals surface area contributed by atoms with Crippen LogP contribution in [0.1, 0.15) is 30.4 Å². The normalized spacial score (nSPS) is 22.6. The molecule has 1 N–H and O–H groups in total. The summed E-state index contributed by atoms with van der Waals surface area (Å²) in [4.78, 5) is 38.0. The number of hydrogen-bond donors (Lipinski definition) is 1. The molecule has 1 fully saturated rings. The average Bonchev–Trinajstić information content (AvgIpc) is 2.84. The van der Waals surface area contributed by atoms with E-state index in [1.807, 2.05) is 43.3 Å². The van der Waals surface area contributed by atoms with Crippen LogP contribution in [0.3, 0.4) is 0 Å². The standard InChI is InChI=1S/C19H22N2O3/c1-13-6-2-3-7-14(13)12-20-17(22)10-11-21-18(23)15-8-4-5-9-16(15)19(21)24/h2-7,15-16H,8-12H2,1H3,(H,20,22)/t15-,16+. The largest absolute Gasteiger partial charge is 0.352 e. The van der Waals surface area contributed by atoms with Crippen LogP contribution in [0.2, 0.25) is 0 Å². The molecule has 1 aliphatic carbocycles. The van der Waals surface area contributed by atoms with Crippen molar-refractivity contribution < 1.29 is 14.4 Å². The first-order valence-electron chi connectivity index (χ1n) is 8.39. The van der Waals surface area contributed by atoms with Crippen molar-refractivity contribution >= 4 is 17.7 Å². The van der Waals surface area contributed by atoms with Crippen molar-refractivity contribution in [2.75, 3.05) is 6.54 Å². The van der Waals surface area contributed by atoms with Gasteiger partial charge in [-0.3, -0.25) is 19.3 Å². The number of hydrogen-bond acceptors (Lipinski definition) is 3. The number of fused-ring (bicyclic) bond motifs is 1. The summed E-state index contributed by atoms with van der Waals surface area (Å²) >= 11 is 0. The van der Waals surface area contributed by atoms with Crippen LogP contribution in [0.5, 0.6) is 0 Å². The number of imide groups is 1. The van der Waals surface area contributed by atoms with Crippen LogP contribution in [0.25, 0.3) is 0 Å². The minimum Gasteiger partial charge on any atom is -0.352 e. The van der Waals surface area contributed by atoms with E-state index in [9.17, 15) is 14.4 Å². The van der Waals surface area contributed by atoms with E-state index in [4.69, 9.17) is 0 Å². The Morgan fingerprint density at radius 1 is 1.12 bits per heavy atom. The number of aryl methyl sites for hydroxylation is 1. The predicted octanol–water partition coefficient (Wildman–Crippen LogP) is 1.95. The molecule has 0 spiro atoms. The molecule has 5 nitrogen and oxygen atoms in total. The highest BCUT2D eigenvalue weighted by atomic mass is 16.2. The van der Waals surface area contributed by atoms with Gasteiger partial charge >= 0.3 is 0 Å². The van der Waals surface area contributed by atoms with Crippen LogP contribution in [0, 0.1) is 18.8 Å². The van der Waals surface area contributed by atoms with Crippen molar-refractivity contribution in [2.24, 2.45) is 11.8 Å². The monoisotopic (exact) mass is 326 g/mol. The molecule has 3 rings (SSSR count). The van der Waals surface area contributed by atoms with Gasteiger partial charge in [0.2, 0.25) is 17.7 Å². The Morgan fingerprint density at radius 3 is 2.38 bits per heavy atom. The molecule has 2 aliphatic rings. The molecule has 1 aromatic carbocycles. The minimum absolute atomic E-state index is 0.124. The third-order valence-corrected chi connectivity index (χ3v) is 4.90. The highest BCUT2D eigenvalue weighted by Crippen LogP contribution is 2.34. The Morgan fingerprint density at radius 2 is 1.75 bits per heavy atom. The van der Waals surface area contributed by atoms with Gasteiger partial charge in [-0.25, -0.2) is 0 Å². The summed E-state index contributed by atoms with van der Waals surface area (Å²) in [5.74, 6) is -0.844. The van der Waals surface area contributed by atoms with Crippen molar-refractivity contribution in [3.05, 3.63) is 47.5 Å². The molecule has 0 saturated carbocycles. The minimum atomic E-state index is -0.225. The van der Waals surface area contributed by atoms with Gasteiger partial charge < -0.3 is 5.32 Å². The zero-order valence-electron chi connectivity index (χ0n) is 13.8. The summed E-state index contributed by atoms with van der Waals surface area (Å²) in [6, 6.07) is 7.87. The number of likely N-dealkylation sites (tertiary alicyclic amines) is 1. The number of carbonyl (C=O) groups excluding carboxylic acids is 3. The lowest BCUT2D eigenvalue weighted by atomic mass is 9.85. The van der Waals surface area contributed by atoms with Gasteiger partial charge in [0.25, 0.3) is 0 Å². The fourth-order valence-electron chi connectivity index (χ4n) is 3.39. The van der Waals surface area contributed by atoms with E-state index in [1.54, 1.807) is 0 Å². The SMILES string of the molecule is Cc1ccccc1CNC(=O)CCN1C(=O)[C@H]2CC=CC[C@H]2C1=O. The first kappa shape index (κ1) is 16.4. The van der Waals surface area contributed by atoms with Gasteiger partial charge in [0.1, 0.15) is 0 Å². The van der Waals surface area contributed by atoms with Crippen molar-refractivity contribution in [1.29, 1.82) is 0 Å². The number of allylic oxidation sites excluding steroid dienone is 2. The highest BCUT2D eigenvalue weighted by Gasteiger charge is 2.46. The molecule has 24 heavy (non-hydrogen) atoms. The third-order valence-electron chi connectivity index (χ3n) is 4.90. The number of benzene rings is 1. The Balaban J connectivity index is 1.51. The van der Waals surface area contributed by atoms with E-state index in [0.717, 1.165) is 11.1 Å². The average molecular weight is 326 g/mol. The maximum Gasteiger partial charge on any atom is 0.233 e. The van der Waals surface area contributed by atoms with Gasteiger partial charge in [0.15, 0.2) is 0 Å². The Labute approximate surface area is 141 Å². The van der Waals surface area contributed by atoms with E-state index in [-0.39, 0.29) is 42.5 Å². The summed E-state index contributed by atoms with van der Waals surface area (Å²) in [6.45, 7) is 2.63. The molecule has 1 heterocycles. The number of carbonyl (C=O) groups is 3. The van der Waals surface area contributed by atoms with Crippen LogP contribution in [0.4, 0.5) is 0 Å². The van der Waals surface area contributed by atoms with Crippen molar-refractivity contribution in [1.82, 2.24) is 10.2 Å². The molecule has 5 heteroatoms. The third kappa shape index (κ3) is 3.25. The molecule has 1 aliphatic heterocycles. The first-order chi connectivity index (χ1) is 11.6. The zero-order valence-corrected chi connectivity index (χ0v) is 13.8. The summed E-state index contributed by atoms with van der Waals surface area (Å²) in [6.07, 6.45) is 5.34. The number of nitrogens with one attached hydrogen (secondary N) is 1. The molecule has 1 aromatic rings. The summed E-state index contributed by atoms with van der Waals surface area (Å²) in [5, 5.41) is 2.86. The number of amides is 3. The molecular weight excluding hydrogens is 304 g/mol. The molecule has 0 unspecified atom stereocenters. The summed E-state index contributed by atoms with van der Waals surface area (Å²) in [5.41, 5.74) is 2.19. The van der Waals surface area contributed by atoms with Crippen LogP contribution in [-0.4, -0.2) is 29.2 Å². The second kappa shape index (κ2) is 6.99. The molecular formula is C19H22N2O3. The predicted molar refractivity (Wildman–Crippen MR) is 89.7 cm³/mol. The Kier molecular flexibility index (Phi) is 4.79. The van der Waals surface area contributed by atoms with Crippen LogP contribution in [0.15, 0.2) is 36.4 Å². The van der Waals surface area contributed by atoms with Crippen molar-refractivity contribution in [2.45, 2.75) is 32.7 Å². The number of rotatable bonds is 5. The lowest BCUT2D eigenvalue weighted by Crippen LogP contribution is -2.35. The molecule has 0 aromatic heterocycles. The van der Waals surface area contributed by atoms with Gasteiger partial charge in [-0.1, -0.05) is 36.4 Å². The molecule has 3 amide bonds. The maximum atomic E-state index is 12.3. The summed E-state index contributed by atoms with van der Waals surface area (Å²) < 4.78 is 0. The van der Waals surface area contributed by atoms with Gasteiger partial charge in [-0.2, -0.15) is 0 Å². The van der Waals surface area contributed by atoms with Crippen molar-refractivity contribution in [3.63, 3.8) is 0 Å². The van der Waals surface area contributed by atoms with Gasteiger partial charge in [0, 0.05) is 19.5 Å². The quantitative estimate of drug-likeness (QED) is 0.664. The van der Waals surface area contributed by atoms with E-state index >= 15 is 0 Å². The van der Waals surface area contributed by atoms with Crippen molar-refractivity contribution in [3.8, 4) is 0 Å². The van der Waals surface area contributed by atoms with E-state index in [1.165, 1.54) is 4.90 Å². The topological polar surface area (TPSA) is 66.5 Å².